The zero-order valence-corrected chi connectivity index (χ0v) is 19.4. The second-order valence-electron chi connectivity index (χ2n) is 6.35. The molecule has 3 rings (SSSR count). The smallest absolute Gasteiger partial charge is 0.368 e. The molecular weight excluding hydrogens is 463 g/mol. The van der Waals surface area contributed by atoms with Crippen molar-refractivity contribution >= 4 is 58.3 Å². The number of hydrogen-bond acceptors (Lipinski definition) is 7. The Balaban J connectivity index is 1.50. The Morgan fingerprint density at radius 1 is 1.27 bits per heavy atom. The van der Waals surface area contributed by atoms with Gasteiger partial charge in [-0.3, -0.25) is 9.87 Å². The molecule has 1 aliphatic rings. The van der Waals surface area contributed by atoms with Gasteiger partial charge >= 0.3 is 5.97 Å². The van der Waals surface area contributed by atoms with E-state index in [-0.39, 0.29) is 10.9 Å². The maximum absolute atomic E-state index is 12.2. The third-order valence-electron chi connectivity index (χ3n) is 4.21. The molecule has 1 aromatic heterocycles. The molecule has 9 heteroatoms. The monoisotopic (exact) mass is 482 g/mol. The van der Waals surface area contributed by atoms with Crippen LogP contribution in [0.2, 0.25) is 10.0 Å². The van der Waals surface area contributed by atoms with Crippen LogP contribution in [0, 0.1) is 0 Å². The summed E-state index contributed by atoms with van der Waals surface area (Å²) < 4.78 is 0. The van der Waals surface area contributed by atoms with Crippen molar-refractivity contribution in [3.05, 3.63) is 76.0 Å². The molecule has 0 saturated heterocycles. The van der Waals surface area contributed by atoms with Crippen molar-refractivity contribution in [2.24, 2.45) is 0 Å². The highest BCUT2D eigenvalue weighted by molar-refractivity contribution is 8.02. The molecule has 2 heterocycles. The molecule has 0 aliphatic carbocycles. The second-order valence-corrected chi connectivity index (χ2v) is 9.24. The largest absolute Gasteiger partial charge is 0.374 e. The van der Waals surface area contributed by atoms with Crippen LogP contribution in [-0.2, 0) is 20.3 Å². The van der Waals surface area contributed by atoms with E-state index in [1.165, 1.54) is 11.8 Å². The summed E-state index contributed by atoms with van der Waals surface area (Å²) in [4.78, 5) is 29.5. The van der Waals surface area contributed by atoms with Gasteiger partial charge in [-0.1, -0.05) is 41.9 Å². The molecule has 0 N–H and O–H groups in total. The van der Waals surface area contributed by atoms with E-state index in [0.29, 0.717) is 28.1 Å². The number of thioether (sulfide) groups is 2. The van der Waals surface area contributed by atoms with Gasteiger partial charge in [0.2, 0.25) is 0 Å². The van der Waals surface area contributed by atoms with Crippen LogP contribution < -0.4 is 0 Å². The molecule has 0 bridgehead atoms. The summed E-state index contributed by atoms with van der Waals surface area (Å²) in [5.41, 5.74) is 1.33. The number of carbonyl (C=O) groups is 1. The average molecular weight is 483 g/mol. The molecule has 0 amide bonds. The Hall–Kier alpha value is -1.64. The van der Waals surface area contributed by atoms with Crippen LogP contribution in [0.3, 0.4) is 0 Å². The number of pyridine rings is 1. The molecule has 1 aliphatic heterocycles. The lowest BCUT2D eigenvalue weighted by Crippen LogP contribution is -2.21. The van der Waals surface area contributed by atoms with Crippen LogP contribution >= 0.6 is 46.7 Å². The van der Waals surface area contributed by atoms with Crippen molar-refractivity contribution in [2.75, 3.05) is 13.7 Å². The van der Waals surface area contributed by atoms with Crippen molar-refractivity contribution in [1.82, 2.24) is 9.88 Å². The topological polar surface area (TPSA) is 51.7 Å². The molecule has 0 spiro atoms. The fourth-order valence-electron chi connectivity index (χ4n) is 2.58. The van der Waals surface area contributed by atoms with Gasteiger partial charge in [-0.2, -0.15) is 4.89 Å². The van der Waals surface area contributed by atoms with E-state index in [0.717, 1.165) is 17.0 Å². The van der Waals surface area contributed by atoms with E-state index < -0.39 is 5.97 Å². The minimum Gasteiger partial charge on any atom is -0.368 e. The number of carbonyl (C=O) groups excluding carboxylic acids is 1. The van der Waals surface area contributed by atoms with Gasteiger partial charge in [-0.25, -0.2) is 4.79 Å². The summed E-state index contributed by atoms with van der Waals surface area (Å²) in [5.74, 6) is -0.122. The van der Waals surface area contributed by atoms with E-state index in [4.69, 9.17) is 33.0 Å². The lowest BCUT2D eigenvalue weighted by atomic mass is 10.2. The Kier molecular flexibility index (Phi) is 8.53. The fraction of sp³-hybridized carbons (Fsp3) is 0.238. The molecular formula is C21H20Cl2N2O3S2. The van der Waals surface area contributed by atoms with Crippen LogP contribution in [0.5, 0.6) is 0 Å². The summed E-state index contributed by atoms with van der Waals surface area (Å²) in [6.45, 7) is 4.09. The van der Waals surface area contributed by atoms with Crippen molar-refractivity contribution in [1.29, 1.82) is 0 Å². The zero-order chi connectivity index (χ0) is 21.5. The van der Waals surface area contributed by atoms with Crippen molar-refractivity contribution < 1.29 is 14.6 Å². The Bertz CT molecular complexity index is 935. The van der Waals surface area contributed by atoms with E-state index in [9.17, 15) is 4.79 Å². The molecule has 158 valence electrons. The van der Waals surface area contributed by atoms with Crippen LogP contribution in [0.25, 0.3) is 5.57 Å². The van der Waals surface area contributed by atoms with E-state index in [1.54, 1.807) is 36.0 Å². The number of rotatable bonds is 9. The SMILES string of the molecule is C=C(C(=O)OOCCC1SC=CN1C)c1cccc(CSc2c(Cl)cccc2Cl)n1. The first kappa shape index (κ1) is 23.0. The lowest BCUT2D eigenvalue weighted by molar-refractivity contribution is -0.266. The number of hydrogen-bond donors (Lipinski definition) is 0. The van der Waals surface area contributed by atoms with Gasteiger partial charge in [0.15, 0.2) is 0 Å². The second kappa shape index (κ2) is 11.1. The fourth-order valence-corrected chi connectivity index (χ4v) is 5.11. The molecule has 30 heavy (non-hydrogen) atoms. The summed E-state index contributed by atoms with van der Waals surface area (Å²) in [6.07, 6.45) is 2.73. The van der Waals surface area contributed by atoms with Gasteiger partial charge in [-0.15, -0.1) is 23.5 Å². The maximum atomic E-state index is 12.2. The number of benzene rings is 1. The first-order valence-electron chi connectivity index (χ1n) is 9.05. The predicted octanol–water partition coefficient (Wildman–Crippen LogP) is 6.03. The van der Waals surface area contributed by atoms with Crippen molar-refractivity contribution in [3.8, 4) is 0 Å². The predicted molar refractivity (Wildman–Crippen MR) is 124 cm³/mol. The van der Waals surface area contributed by atoms with Crippen LogP contribution in [0.4, 0.5) is 0 Å². The van der Waals surface area contributed by atoms with Gasteiger partial charge in [0, 0.05) is 30.3 Å². The maximum Gasteiger partial charge on any atom is 0.374 e. The van der Waals surface area contributed by atoms with Gasteiger partial charge in [0.25, 0.3) is 0 Å². The first-order valence-corrected chi connectivity index (χ1v) is 11.7. The normalized spacial score (nSPS) is 15.4. The van der Waals surface area contributed by atoms with Crippen LogP contribution in [-0.4, -0.2) is 34.9 Å². The van der Waals surface area contributed by atoms with Crippen LogP contribution in [0.15, 0.2) is 59.5 Å². The molecule has 5 nitrogen and oxygen atoms in total. The highest BCUT2D eigenvalue weighted by Gasteiger charge is 2.18. The molecule has 1 aromatic carbocycles. The van der Waals surface area contributed by atoms with Gasteiger partial charge in [0.05, 0.1) is 39.0 Å². The Labute approximate surface area is 194 Å². The summed E-state index contributed by atoms with van der Waals surface area (Å²) in [6, 6.07) is 10.8. The third-order valence-corrected chi connectivity index (χ3v) is 7.40. The number of aromatic nitrogens is 1. The van der Waals surface area contributed by atoms with Gasteiger partial charge < -0.3 is 4.90 Å². The van der Waals surface area contributed by atoms with Gasteiger partial charge in [0.1, 0.15) is 0 Å². The zero-order valence-electron chi connectivity index (χ0n) is 16.2. The molecule has 0 radical (unpaired) electrons. The van der Waals surface area contributed by atoms with Crippen molar-refractivity contribution in [3.63, 3.8) is 0 Å². The standard InChI is InChI=1S/C21H20Cl2N2O3S2/c1-14(21(26)28-27-11-9-19-25(2)10-12-29-19)18-8-3-5-15(24-18)13-30-20-16(22)6-4-7-17(20)23/h3-8,10,12,19H,1,9,11,13H2,2H3. The first-order chi connectivity index (χ1) is 14.5. The summed E-state index contributed by atoms with van der Waals surface area (Å²) in [7, 11) is 1.99. The molecule has 1 unspecified atom stereocenters. The van der Waals surface area contributed by atoms with E-state index in [2.05, 4.69) is 16.5 Å². The quantitative estimate of drug-likeness (QED) is 0.142. The molecule has 2 aromatic rings. The van der Waals surface area contributed by atoms with Gasteiger partial charge in [-0.05, 0) is 29.7 Å². The van der Waals surface area contributed by atoms with E-state index >= 15 is 0 Å². The average Bonchev–Trinajstić information content (AvgIpc) is 3.15. The Morgan fingerprint density at radius 3 is 2.70 bits per heavy atom. The minimum atomic E-state index is -0.660. The highest BCUT2D eigenvalue weighted by atomic mass is 35.5. The lowest BCUT2D eigenvalue weighted by Gasteiger charge is -2.18. The van der Waals surface area contributed by atoms with Crippen molar-refractivity contribution in [2.45, 2.75) is 22.4 Å². The summed E-state index contributed by atoms with van der Waals surface area (Å²) in [5, 5.41) is 3.49. The molecule has 1 atom stereocenters. The van der Waals surface area contributed by atoms with E-state index in [1.807, 2.05) is 30.8 Å². The third kappa shape index (κ3) is 6.18. The summed E-state index contributed by atoms with van der Waals surface area (Å²) >= 11 is 15.6. The highest BCUT2D eigenvalue weighted by Crippen LogP contribution is 2.35. The molecule has 0 saturated carbocycles. The number of nitrogens with zero attached hydrogens (tertiary/aromatic N) is 2. The molecule has 0 fully saturated rings. The van der Waals surface area contributed by atoms with Crippen LogP contribution in [0.1, 0.15) is 17.8 Å². The number of halogens is 2. The minimum absolute atomic E-state index is 0.131. The Morgan fingerprint density at radius 2 is 2.00 bits per heavy atom.